The van der Waals surface area contributed by atoms with Gasteiger partial charge < -0.3 is 10.1 Å². The summed E-state index contributed by atoms with van der Waals surface area (Å²) in [5.41, 5.74) is -0.603. The number of nitrogens with one attached hydrogen (secondary N) is 1. The van der Waals surface area contributed by atoms with Crippen molar-refractivity contribution in [1.82, 2.24) is 14.6 Å². The molecule has 3 rings (SSSR count). The van der Waals surface area contributed by atoms with Crippen LogP contribution in [0.1, 0.15) is 33.6 Å². The van der Waals surface area contributed by atoms with Crippen molar-refractivity contribution in [2.75, 3.05) is 13.1 Å². The first-order chi connectivity index (χ1) is 13.1. The second kappa shape index (κ2) is 7.96. The number of aromatic nitrogens is 1. The van der Waals surface area contributed by atoms with Gasteiger partial charge in [-0.2, -0.15) is 4.31 Å². The predicted octanol–water partition coefficient (Wildman–Crippen LogP) is 3.68. The Balaban J connectivity index is 1.84. The molecule has 2 heterocycles. The molecule has 1 aliphatic rings. The second-order valence-corrected chi connectivity index (χ2v) is 10.6. The molecule has 7 nitrogen and oxygen atoms in total. The molecule has 1 aromatic heterocycles. The summed E-state index contributed by atoms with van der Waals surface area (Å²) in [5, 5.41) is 4.15. The van der Waals surface area contributed by atoms with Crippen LogP contribution in [0, 0.1) is 0 Å². The number of hydrogen-bond acceptors (Lipinski definition) is 5. The zero-order valence-corrected chi connectivity index (χ0v) is 18.5. The monoisotopic (exact) mass is 469 g/mol. The van der Waals surface area contributed by atoms with E-state index in [1.54, 1.807) is 45.3 Å². The SMILES string of the molecule is CC(C)(C)OC(=O)NC1CCCN(S(=O)(=O)c2cccc3cncc(Br)c23)C1. The summed E-state index contributed by atoms with van der Waals surface area (Å²) in [5.74, 6) is 0. The Morgan fingerprint density at radius 1 is 1.32 bits per heavy atom. The molecule has 1 N–H and O–H groups in total. The summed E-state index contributed by atoms with van der Waals surface area (Å²) in [7, 11) is -3.73. The Labute approximate surface area is 173 Å². The molecule has 1 aromatic carbocycles. The molecule has 1 saturated heterocycles. The highest BCUT2D eigenvalue weighted by atomic mass is 79.9. The molecule has 1 amide bonds. The van der Waals surface area contributed by atoms with Crippen LogP contribution in [0.25, 0.3) is 10.8 Å². The first-order valence-corrected chi connectivity index (χ1v) is 11.3. The van der Waals surface area contributed by atoms with E-state index in [2.05, 4.69) is 26.2 Å². The van der Waals surface area contributed by atoms with Gasteiger partial charge in [0.15, 0.2) is 0 Å². The van der Waals surface area contributed by atoms with E-state index in [4.69, 9.17) is 4.74 Å². The molecule has 1 unspecified atom stereocenters. The number of carbonyl (C=O) groups excluding carboxylic acids is 1. The highest BCUT2D eigenvalue weighted by molar-refractivity contribution is 9.10. The van der Waals surface area contributed by atoms with E-state index in [0.29, 0.717) is 29.2 Å². The molecule has 1 aliphatic heterocycles. The molecule has 152 valence electrons. The Morgan fingerprint density at radius 2 is 2.07 bits per heavy atom. The van der Waals surface area contributed by atoms with E-state index in [1.165, 1.54) is 4.31 Å². The Morgan fingerprint density at radius 3 is 2.79 bits per heavy atom. The fourth-order valence-corrected chi connectivity index (χ4v) is 5.72. The van der Waals surface area contributed by atoms with Gasteiger partial charge in [-0.15, -0.1) is 0 Å². The van der Waals surface area contributed by atoms with E-state index in [1.807, 2.05) is 6.07 Å². The summed E-state index contributed by atoms with van der Waals surface area (Å²) < 4.78 is 34.1. The number of carbonyl (C=O) groups is 1. The van der Waals surface area contributed by atoms with Crippen molar-refractivity contribution in [3.8, 4) is 0 Å². The molecule has 1 fully saturated rings. The number of rotatable bonds is 3. The normalized spacial score (nSPS) is 18.8. The molecule has 0 saturated carbocycles. The number of amides is 1. The number of piperidine rings is 1. The molecule has 0 radical (unpaired) electrons. The summed E-state index contributed by atoms with van der Waals surface area (Å²) >= 11 is 3.42. The van der Waals surface area contributed by atoms with E-state index in [0.717, 1.165) is 5.39 Å². The van der Waals surface area contributed by atoms with Gasteiger partial charge >= 0.3 is 6.09 Å². The lowest BCUT2D eigenvalue weighted by Gasteiger charge is -2.33. The van der Waals surface area contributed by atoms with Gasteiger partial charge in [0.05, 0.1) is 4.90 Å². The van der Waals surface area contributed by atoms with Crippen LogP contribution < -0.4 is 5.32 Å². The maximum absolute atomic E-state index is 13.4. The van der Waals surface area contributed by atoms with Crippen LogP contribution in [0.3, 0.4) is 0 Å². The van der Waals surface area contributed by atoms with Gasteiger partial charge in [0.1, 0.15) is 5.60 Å². The maximum atomic E-state index is 13.4. The number of nitrogens with zero attached hydrogens (tertiary/aromatic N) is 2. The van der Waals surface area contributed by atoms with E-state index in [9.17, 15) is 13.2 Å². The lowest BCUT2D eigenvalue weighted by Crippen LogP contribution is -2.50. The van der Waals surface area contributed by atoms with Crippen molar-refractivity contribution in [3.63, 3.8) is 0 Å². The van der Waals surface area contributed by atoms with Crippen LogP contribution in [0.5, 0.6) is 0 Å². The third-order valence-corrected chi connectivity index (χ3v) is 6.93. The van der Waals surface area contributed by atoms with Crippen molar-refractivity contribution in [1.29, 1.82) is 0 Å². The van der Waals surface area contributed by atoms with E-state index in [-0.39, 0.29) is 17.5 Å². The summed E-state index contributed by atoms with van der Waals surface area (Å²) in [4.78, 5) is 16.4. The number of halogens is 1. The van der Waals surface area contributed by atoms with Crippen LogP contribution in [0.4, 0.5) is 4.79 Å². The fraction of sp³-hybridized carbons (Fsp3) is 0.474. The van der Waals surface area contributed by atoms with Crippen molar-refractivity contribution < 1.29 is 17.9 Å². The highest BCUT2D eigenvalue weighted by Gasteiger charge is 2.33. The lowest BCUT2D eigenvalue weighted by molar-refractivity contribution is 0.0487. The standard InChI is InChI=1S/C19H24BrN3O4S/c1-19(2,3)27-18(24)22-14-7-5-9-23(12-14)28(25,26)16-8-4-6-13-10-21-11-15(20)17(13)16/h4,6,8,10-11,14H,5,7,9,12H2,1-3H3,(H,22,24). The zero-order valence-electron chi connectivity index (χ0n) is 16.1. The largest absolute Gasteiger partial charge is 0.444 e. The van der Waals surface area contributed by atoms with Gasteiger partial charge in [0, 0.05) is 46.8 Å². The van der Waals surface area contributed by atoms with Gasteiger partial charge in [-0.3, -0.25) is 4.98 Å². The molecule has 0 spiro atoms. The number of fused-ring (bicyclic) bond motifs is 1. The number of benzene rings is 1. The van der Waals surface area contributed by atoms with E-state index < -0.39 is 21.7 Å². The van der Waals surface area contributed by atoms with Gasteiger partial charge in [0.2, 0.25) is 10.0 Å². The second-order valence-electron chi connectivity index (χ2n) is 7.82. The van der Waals surface area contributed by atoms with Gasteiger partial charge in [-0.05, 0) is 55.6 Å². The Kier molecular flexibility index (Phi) is 5.97. The summed E-state index contributed by atoms with van der Waals surface area (Å²) in [6.07, 6.45) is 4.06. The molecule has 28 heavy (non-hydrogen) atoms. The molecule has 0 bridgehead atoms. The molecule has 1 atom stereocenters. The zero-order chi connectivity index (χ0) is 20.5. The number of alkyl carbamates (subject to hydrolysis) is 1. The summed E-state index contributed by atoms with van der Waals surface area (Å²) in [6.45, 7) is 5.99. The first kappa shape index (κ1) is 21.0. The lowest BCUT2D eigenvalue weighted by atomic mass is 10.1. The topological polar surface area (TPSA) is 88.6 Å². The number of sulfonamides is 1. The van der Waals surface area contributed by atoms with Crippen LogP contribution in [-0.4, -0.2) is 48.5 Å². The average molecular weight is 470 g/mol. The minimum atomic E-state index is -3.73. The molecular formula is C19H24BrN3O4S. The van der Waals surface area contributed by atoms with Crippen LogP contribution >= 0.6 is 15.9 Å². The van der Waals surface area contributed by atoms with Crippen LogP contribution in [0.2, 0.25) is 0 Å². The number of pyridine rings is 1. The average Bonchev–Trinajstić information content (AvgIpc) is 2.60. The summed E-state index contributed by atoms with van der Waals surface area (Å²) in [6, 6.07) is 4.85. The quantitative estimate of drug-likeness (QED) is 0.740. The first-order valence-electron chi connectivity index (χ1n) is 9.10. The van der Waals surface area contributed by atoms with Crippen LogP contribution in [-0.2, 0) is 14.8 Å². The molecule has 9 heteroatoms. The smallest absolute Gasteiger partial charge is 0.407 e. The van der Waals surface area contributed by atoms with E-state index >= 15 is 0 Å². The van der Waals surface area contributed by atoms with Crippen molar-refractivity contribution in [2.45, 2.75) is 50.2 Å². The van der Waals surface area contributed by atoms with Crippen molar-refractivity contribution in [3.05, 3.63) is 35.1 Å². The predicted molar refractivity (Wildman–Crippen MR) is 111 cm³/mol. The fourth-order valence-electron chi connectivity index (χ4n) is 3.27. The Bertz CT molecular complexity index is 983. The third kappa shape index (κ3) is 4.64. The number of hydrogen-bond donors (Lipinski definition) is 1. The molecule has 2 aromatic rings. The highest BCUT2D eigenvalue weighted by Crippen LogP contribution is 2.32. The van der Waals surface area contributed by atoms with Crippen molar-refractivity contribution in [2.24, 2.45) is 0 Å². The minimum Gasteiger partial charge on any atom is -0.444 e. The number of ether oxygens (including phenoxy) is 1. The minimum absolute atomic E-state index is 0.209. The van der Waals surface area contributed by atoms with Crippen molar-refractivity contribution >= 4 is 42.8 Å². The third-order valence-electron chi connectivity index (χ3n) is 4.42. The van der Waals surface area contributed by atoms with Gasteiger partial charge in [0.25, 0.3) is 0 Å². The van der Waals surface area contributed by atoms with Gasteiger partial charge in [-0.25, -0.2) is 13.2 Å². The molecule has 0 aliphatic carbocycles. The van der Waals surface area contributed by atoms with Gasteiger partial charge in [-0.1, -0.05) is 12.1 Å². The Hall–Kier alpha value is -1.71. The maximum Gasteiger partial charge on any atom is 0.407 e. The van der Waals surface area contributed by atoms with Crippen LogP contribution in [0.15, 0.2) is 40.0 Å². The molecular weight excluding hydrogens is 446 g/mol.